The van der Waals surface area contributed by atoms with Gasteiger partial charge in [0.2, 0.25) is 5.91 Å². The van der Waals surface area contributed by atoms with Crippen molar-refractivity contribution in [1.82, 2.24) is 0 Å². The zero-order valence-electron chi connectivity index (χ0n) is 17.3. The van der Waals surface area contributed by atoms with E-state index < -0.39 is 12.0 Å². The molecule has 0 aliphatic carbocycles. The minimum atomic E-state index is -0.562. The first kappa shape index (κ1) is 20.4. The molecule has 5 nitrogen and oxygen atoms in total. The Labute approximate surface area is 182 Å². The summed E-state index contributed by atoms with van der Waals surface area (Å²) in [6.45, 7) is 5.84. The van der Waals surface area contributed by atoms with Crippen molar-refractivity contribution in [2.24, 2.45) is 0 Å². The third-order valence-electron chi connectivity index (χ3n) is 5.27. The van der Waals surface area contributed by atoms with Crippen LogP contribution in [0.15, 0.2) is 91.5 Å². The third kappa shape index (κ3) is 4.21. The topological polar surface area (TPSA) is 58.6 Å². The summed E-state index contributed by atoms with van der Waals surface area (Å²) >= 11 is 0. The van der Waals surface area contributed by atoms with Crippen LogP contribution in [0.1, 0.15) is 24.0 Å². The molecule has 1 aliphatic rings. The van der Waals surface area contributed by atoms with E-state index >= 15 is 0 Å². The molecule has 0 bridgehead atoms. The van der Waals surface area contributed by atoms with Crippen LogP contribution < -0.4 is 15.0 Å². The van der Waals surface area contributed by atoms with Gasteiger partial charge in [-0.3, -0.25) is 9.59 Å². The molecule has 0 radical (unpaired) electrons. The van der Waals surface area contributed by atoms with Gasteiger partial charge in [0.25, 0.3) is 5.91 Å². The Morgan fingerprint density at radius 2 is 1.68 bits per heavy atom. The molecule has 31 heavy (non-hydrogen) atoms. The van der Waals surface area contributed by atoms with Gasteiger partial charge < -0.3 is 15.0 Å². The van der Waals surface area contributed by atoms with Gasteiger partial charge in [0.05, 0.1) is 11.6 Å². The first-order valence-electron chi connectivity index (χ1n) is 10.2. The largest absolute Gasteiger partial charge is 0.479 e. The van der Waals surface area contributed by atoms with E-state index in [1.54, 1.807) is 36.1 Å². The van der Waals surface area contributed by atoms with Crippen molar-refractivity contribution in [2.45, 2.75) is 18.9 Å². The van der Waals surface area contributed by atoms with E-state index in [-0.39, 0.29) is 11.8 Å². The quantitative estimate of drug-likeness (QED) is 0.594. The maximum Gasteiger partial charge on any atom is 0.268 e. The number of hydrogen-bond acceptors (Lipinski definition) is 3. The smallest absolute Gasteiger partial charge is 0.268 e. The number of ether oxygens (including phenoxy) is 1. The van der Waals surface area contributed by atoms with Crippen molar-refractivity contribution in [3.8, 4) is 5.75 Å². The standard InChI is InChI=1S/C26H24N2O3/c1-3-16-28-22-17-21(14-15-23(22)31-18(2)26(28)30)27-25(29)24(19-10-6-4-7-11-19)20-12-8-5-9-13-20/h3-15,17-18,24H,1,16H2,2H3,(H,27,29). The average Bonchev–Trinajstić information content (AvgIpc) is 2.79. The Hall–Kier alpha value is -3.86. The van der Waals surface area contributed by atoms with Crippen molar-refractivity contribution in [1.29, 1.82) is 0 Å². The fourth-order valence-corrected chi connectivity index (χ4v) is 3.80. The van der Waals surface area contributed by atoms with Gasteiger partial charge in [0.15, 0.2) is 6.10 Å². The van der Waals surface area contributed by atoms with Crippen LogP contribution in [0.5, 0.6) is 5.75 Å². The van der Waals surface area contributed by atoms with Crippen molar-refractivity contribution in [3.63, 3.8) is 0 Å². The van der Waals surface area contributed by atoms with Crippen LogP contribution in [0, 0.1) is 0 Å². The minimum Gasteiger partial charge on any atom is -0.479 e. The summed E-state index contributed by atoms with van der Waals surface area (Å²) in [4.78, 5) is 27.5. The number of hydrogen-bond donors (Lipinski definition) is 1. The molecule has 1 N–H and O–H groups in total. The van der Waals surface area contributed by atoms with E-state index in [1.165, 1.54) is 0 Å². The molecular weight excluding hydrogens is 388 g/mol. The van der Waals surface area contributed by atoms with Crippen LogP contribution in [-0.2, 0) is 9.59 Å². The van der Waals surface area contributed by atoms with Crippen LogP contribution in [0.25, 0.3) is 0 Å². The van der Waals surface area contributed by atoms with E-state index in [4.69, 9.17) is 4.74 Å². The van der Waals surface area contributed by atoms with Crippen molar-refractivity contribution < 1.29 is 14.3 Å². The SMILES string of the molecule is C=CCN1C(=O)C(C)Oc2ccc(NC(=O)C(c3ccccc3)c3ccccc3)cc21. The molecular formula is C26H24N2O3. The van der Waals surface area contributed by atoms with Gasteiger partial charge in [-0.2, -0.15) is 0 Å². The summed E-state index contributed by atoms with van der Waals surface area (Å²) in [5, 5.41) is 3.02. The molecule has 0 aromatic heterocycles. The second-order valence-electron chi connectivity index (χ2n) is 7.42. The van der Waals surface area contributed by atoms with Gasteiger partial charge in [0.1, 0.15) is 5.75 Å². The Kier molecular flexibility index (Phi) is 5.85. The highest BCUT2D eigenvalue weighted by atomic mass is 16.5. The molecule has 1 aliphatic heterocycles. The van der Waals surface area contributed by atoms with E-state index in [9.17, 15) is 9.59 Å². The highest BCUT2D eigenvalue weighted by Gasteiger charge is 2.31. The second-order valence-corrected chi connectivity index (χ2v) is 7.42. The maximum absolute atomic E-state index is 13.4. The van der Waals surface area contributed by atoms with Gasteiger partial charge >= 0.3 is 0 Å². The number of fused-ring (bicyclic) bond motifs is 1. The molecule has 156 valence electrons. The summed E-state index contributed by atoms with van der Waals surface area (Å²) in [6, 6.07) is 24.7. The third-order valence-corrected chi connectivity index (χ3v) is 5.27. The fourth-order valence-electron chi connectivity index (χ4n) is 3.80. The number of carbonyl (C=O) groups is 2. The molecule has 1 atom stereocenters. The Morgan fingerprint density at radius 1 is 1.06 bits per heavy atom. The van der Waals surface area contributed by atoms with Gasteiger partial charge in [-0.05, 0) is 36.2 Å². The lowest BCUT2D eigenvalue weighted by molar-refractivity contribution is -0.125. The number of nitrogens with zero attached hydrogens (tertiary/aromatic N) is 1. The zero-order valence-corrected chi connectivity index (χ0v) is 17.3. The summed E-state index contributed by atoms with van der Waals surface area (Å²) in [7, 11) is 0. The molecule has 1 heterocycles. The Morgan fingerprint density at radius 3 is 2.26 bits per heavy atom. The molecule has 3 aromatic rings. The number of carbonyl (C=O) groups excluding carboxylic acids is 2. The molecule has 4 rings (SSSR count). The van der Waals surface area contributed by atoms with Crippen LogP contribution in [-0.4, -0.2) is 24.5 Å². The van der Waals surface area contributed by atoms with Crippen molar-refractivity contribution in [3.05, 3.63) is 103 Å². The van der Waals surface area contributed by atoms with Crippen LogP contribution in [0.3, 0.4) is 0 Å². The maximum atomic E-state index is 13.4. The highest BCUT2D eigenvalue weighted by molar-refractivity contribution is 6.02. The lowest BCUT2D eigenvalue weighted by Crippen LogP contribution is -2.44. The normalized spacial score (nSPS) is 15.2. The van der Waals surface area contributed by atoms with Crippen LogP contribution in [0.4, 0.5) is 11.4 Å². The van der Waals surface area contributed by atoms with Gasteiger partial charge in [0, 0.05) is 12.2 Å². The van der Waals surface area contributed by atoms with Crippen molar-refractivity contribution in [2.75, 3.05) is 16.8 Å². The lowest BCUT2D eigenvalue weighted by atomic mass is 9.90. The van der Waals surface area contributed by atoms with Gasteiger partial charge in [-0.15, -0.1) is 6.58 Å². The monoisotopic (exact) mass is 412 g/mol. The molecule has 3 aromatic carbocycles. The van der Waals surface area contributed by atoms with E-state index in [0.29, 0.717) is 23.7 Å². The number of nitrogens with one attached hydrogen (secondary N) is 1. The Bertz CT molecular complexity index is 1060. The molecule has 0 saturated carbocycles. The van der Waals surface area contributed by atoms with Crippen LogP contribution in [0.2, 0.25) is 0 Å². The summed E-state index contributed by atoms with van der Waals surface area (Å²) < 4.78 is 5.73. The summed E-state index contributed by atoms with van der Waals surface area (Å²) in [6.07, 6.45) is 1.11. The number of anilines is 2. The second kappa shape index (κ2) is 8.88. The van der Waals surface area contributed by atoms with E-state index in [0.717, 1.165) is 11.1 Å². The van der Waals surface area contributed by atoms with Gasteiger partial charge in [-0.25, -0.2) is 0 Å². The average molecular weight is 412 g/mol. The van der Waals surface area contributed by atoms with Crippen molar-refractivity contribution >= 4 is 23.2 Å². The zero-order chi connectivity index (χ0) is 21.8. The molecule has 5 heteroatoms. The van der Waals surface area contributed by atoms with Gasteiger partial charge in [-0.1, -0.05) is 66.7 Å². The molecule has 2 amide bonds. The number of benzene rings is 3. The molecule has 1 unspecified atom stereocenters. The lowest BCUT2D eigenvalue weighted by Gasteiger charge is -2.32. The molecule has 0 fully saturated rings. The van der Waals surface area contributed by atoms with E-state index in [1.807, 2.05) is 60.7 Å². The summed E-state index contributed by atoms with van der Waals surface area (Å²) in [5.74, 6) is -0.137. The van der Waals surface area contributed by atoms with E-state index in [2.05, 4.69) is 11.9 Å². The molecule has 0 saturated heterocycles. The Balaban J connectivity index is 1.66. The first-order valence-corrected chi connectivity index (χ1v) is 10.2. The highest BCUT2D eigenvalue weighted by Crippen LogP contribution is 2.37. The predicted molar refractivity (Wildman–Crippen MR) is 122 cm³/mol. The number of amides is 2. The summed E-state index contributed by atoms with van der Waals surface area (Å²) in [5.41, 5.74) is 3.03. The van der Waals surface area contributed by atoms with Crippen LogP contribution >= 0.6 is 0 Å². The first-order chi connectivity index (χ1) is 15.1. The number of rotatable bonds is 6. The molecule has 0 spiro atoms. The minimum absolute atomic E-state index is 0.137. The predicted octanol–water partition coefficient (Wildman–Crippen LogP) is 4.76. The fraction of sp³-hybridized carbons (Fsp3) is 0.154.